The maximum Gasteiger partial charge on any atom is 0.234 e. The molecule has 9 heteroatoms. The molecule has 1 aromatic rings. The Morgan fingerprint density at radius 2 is 2.10 bits per heavy atom. The predicted molar refractivity (Wildman–Crippen MR) is 99.5 cm³/mol. The molecule has 1 N–H and O–H groups in total. The lowest BCUT2D eigenvalue weighted by Gasteiger charge is -2.24. The number of benzene rings is 1. The number of amides is 2. The van der Waals surface area contributed by atoms with Crippen LogP contribution in [0.1, 0.15) is 0 Å². The fourth-order valence-electron chi connectivity index (χ4n) is 4.63. The highest BCUT2D eigenvalue weighted by Gasteiger charge is 2.67. The van der Waals surface area contributed by atoms with Crippen molar-refractivity contribution in [1.82, 2.24) is 5.32 Å². The second-order valence-electron chi connectivity index (χ2n) is 7.51. The van der Waals surface area contributed by atoms with Gasteiger partial charge < -0.3 is 33.9 Å². The van der Waals surface area contributed by atoms with Gasteiger partial charge >= 0.3 is 0 Å². The number of fused-ring (bicyclic) bond motifs is 2. The summed E-state index contributed by atoms with van der Waals surface area (Å²) in [5.41, 5.74) is -0.0938. The molecule has 0 radical (unpaired) electrons. The summed E-state index contributed by atoms with van der Waals surface area (Å²) in [5, 5.41) is 2.82. The van der Waals surface area contributed by atoms with Crippen LogP contribution in [0.3, 0.4) is 0 Å². The fraction of sp³-hybridized carbons (Fsp3) is 0.500. The van der Waals surface area contributed by atoms with Gasteiger partial charge in [-0.1, -0.05) is 12.2 Å². The van der Waals surface area contributed by atoms with Gasteiger partial charge in [-0.15, -0.1) is 0 Å². The standard InChI is InChI=1S/C20H22N2O7/c1-25-15(26-2)8-21-18(23)16-13-5-6-20(29-13)9-22(19(24)17(16)20)11-3-4-12-14(7-11)28-10-27-12/h3-7,13,15-17H,8-10H2,1-2H3,(H,21,23)/t13?,16?,17?,20-/m0/s1. The van der Waals surface area contributed by atoms with Crippen LogP contribution in [-0.4, -0.2) is 63.9 Å². The predicted octanol–water partition coefficient (Wildman–Crippen LogP) is 0.437. The number of anilines is 1. The van der Waals surface area contributed by atoms with E-state index in [1.807, 2.05) is 18.2 Å². The molecule has 4 aliphatic heterocycles. The number of nitrogens with zero attached hydrogens (tertiary/aromatic N) is 1. The van der Waals surface area contributed by atoms with Crippen LogP contribution in [0.5, 0.6) is 11.5 Å². The fourth-order valence-corrected chi connectivity index (χ4v) is 4.63. The summed E-state index contributed by atoms with van der Waals surface area (Å²) in [6.45, 7) is 0.712. The summed E-state index contributed by atoms with van der Waals surface area (Å²) < 4.78 is 27.1. The van der Waals surface area contributed by atoms with Crippen LogP contribution in [-0.2, 0) is 23.8 Å². The van der Waals surface area contributed by atoms with Gasteiger partial charge in [0.1, 0.15) is 5.60 Å². The van der Waals surface area contributed by atoms with Gasteiger partial charge in [-0.3, -0.25) is 9.59 Å². The Morgan fingerprint density at radius 3 is 2.90 bits per heavy atom. The molecule has 1 aromatic carbocycles. The van der Waals surface area contributed by atoms with E-state index in [1.165, 1.54) is 14.2 Å². The topological polar surface area (TPSA) is 95.6 Å². The van der Waals surface area contributed by atoms with Crippen LogP contribution in [0.4, 0.5) is 5.69 Å². The molecule has 4 atom stereocenters. The first-order valence-corrected chi connectivity index (χ1v) is 9.48. The summed E-state index contributed by atoms with van der Waals surface area (Å²) in [6, 6.07) is 5.38. The molecule has 0 saturated carbocycles. The van der Waals surface area contributed by atoms with Gasteiger partial charge in [0, 0.05) is 26.0 Å². The third kappa shape index (κ3) is 2.72. The van der Waals surface area contributed by atoms with Crippen LogP contribution in [0, 0.1) is 11.8 Å². The quantitative estimate of drug-likeness (QED) is 0.545. The smallest absolute Gasteiger partial charge is 0.234 e. The van der Waals surface area contributed by atoms with E-state index < -0.39 is 29.8 Å². The zero-order chi connectivity index (χ0) is 20.2. The Kier molecular flexibility index (Phi) is 4.27. The Bertz CT molecular complexity index is 884. The van der Waals surface area contributed by atoms with Crippen molar-refractivity contribution in [2.24, 2.45) is 11.8 Å². The van der Waals surface area contributed by atoms with Crippen molar-refractivity contribution in [3.63, 3.8) is 0 Å². The SMILES string of the molecule is COC(CNC(=O)C1C2C=C[C@@]3(CN(c4ccc5c(c4)OCO5)C(=O)C13)O2)OC. The summed E-state index contributed by atoms with van der Waals surface area (Å²) in [4.78, 5) is 27.9. The lowest BCUT2D eigenvalue weighted by atomic mass is 9.77. The van der Waals surface area contributed by atoms with Crippen molar-refractivity contribution in [2.75, 3.05) is 39.0 Å². The Hall–Kier alpha value is -2.62. The summed E-state index contributed by atoms with van der Waals surface area (Å²) in [6.07, 6.45) is 2.84. The van der Waals surface area contributed by atoms with Gasteiger partial charge in [0.2, 0.25) is 18.6 Å². The number of rotatable bonds is 6. The van der Waals surface area contributed by atoms with Gasteiger partial charge in [0.15, 0.2) is 17.8 Å². The van der Waals surface area contributed by atoms with Crippen molar-refractivity contribution in [3.8, 4) is 11.5 Å². The van der Waals surface area contributed by atoms with E-state index in [4.69, 9.17) is 23.7 Å². The monoisotopic (exact) mass is 402 g/mol. The van der Waals surface area contributed by atoms with E-state index in [0.29, 0.717) is 23.7 Å². The molecule has 2 amide bonds. The van der Waals surface area contributed by atoms with Crippen molar-refractivity contribution in [1.29, 1.82) is 0 Å². The maximum absolute atomic E-state index is 13.3. The molecular formula is C20H22N2O7. The van der Waals surface area contributed by atoms with Gasteiger partial charge in [-0.05, 0) is 12.1 Å². The molecular weight excluding hydrogens is 380 g/mol. The highest BCUT2D eigenvalue weighted by molar-refractivity contribution is 6.03. The molecule has 4 heterocycles. The number of hydrogen-bond donors (Lipinski definition) is 1. The lowest BCUT2D eigenvalue weighted by molar-refractivity contribution is -0.135. The van der Waals surface area contributed by atoms with Crippen LogP contribution in [0.25, 0.3) is 0 Å². The molecule has 2 saturated heterocycles. The minimum absolute atomic E-state index is 0.133. The average molecular weight is 402 g/mol. The number of methoxy groups -OCH3 is 2. The summed E-state index contributed by atoms with van der Waals surface area (Å²) in [5.74, 6) is -0.298. The summed E-state index contributed by atoms with van der Waals surface area (Å²) in [7, 11) is 3.00. The highest BCUT2D eigenvalue weighted by atomic mass is 16.7. The number of carbonyl (C=O) groups is 2. The Balaban J connectivity index is 1.38. The first-order valence-electron chi connectivity index (χ1n) is 9.48. The average Bonchev–Trinajstić information content (AvgIpc) is 3.48. The largest absolute Gasteiger partial charge is 0.454 e. The lowest BCUT2D eigenvalue weighted by Crippen LogP contribution is -2.46. The Labute approximate surface area is 167 Å². The second-order valence-corrected chi connectivity index (χ2v) is 7.51. The minimum atomic E-state index is -0.790. The van der Waals surface area contributed by atoms with E-state index in [1.54, 1.807) is 17.0 Å². The second kappa shape index (κ2) is 6.72. The number of carbonyl (C=O) groups excluding carboxylic acids is 2. The van der Waals surface area contributed by atoms with Gasteiger partial charge in [-0.2, -0.15) is 0 Å². The van der Waals surface area contributed by atoms with Crippen molar-refractivity contribution < 1.29 is 33.3 Å². The van der Waals surface area contributed by atoms with E-state index in [2.05, 4.69) is 5.32 Å². The number of ether oxygens (including phenoxy) is 5. The molecule has 0 aliphatic carbocycles. The van der Waals surface area contributed by atoms with E-state index in [-0.39, 0.29) is 25.2 Å². The molecule has 2 bridgehead atoms. The molecule has 0 aromatic heterocycles. The number of nitrogens with one attached hydrogen (secondary N) is 1. The summed E-state index contributed by atoms with van der Waals surface area (Å²) >= 11 is 0. The first kappa shape index (κ1) is 18.4. The van der Waals surface area contributed by atoms with Crippen LogP contribution < -0.4 is 19.7 Å². The third-order valence-corrected chi connectivity index (χ3v) is 6.04. The zero-order valence-corrected chi connectivity index (χ0v) is 16.1. The maximum atomic E-state index is 13.3. The van der Waals surface area contributed by atoms with Gasteiger partial charge in [-0.25, -0.2) is 0 Å². The normalized spacial score (nSPS) is 31.1. The van der Waals surface area contributed by atoms with Gasteiger partial charge in [0.05, 0.1) is 31.0 Å². The highest BCUT2D eigenvalue weighted by Crippen LogP contribution is 2.53. The molecule has 3 unspecified atom stereocenters. The third-order valence-electron chi connectivity index (χ3n) is 6.04. The Morgan fingerprint density at radius 1 is 1.31 bits per heavy atom. The molecule has 2 fully saturated rings. The molecule has 154 valence electrons. The van der Waals surface area contributed by atoms with Crippen molar-refractivity contribution in [3.05, 3.63) is 30.4 Å². The zero-order valence-electron chi connectivity index (χ0n) is 16.1. The van der Waals surface area contributed by atoms with Crippen LogP contribution in [0.2, 0.25) is 0 Å². The van der Waals surface area contributed by atoms with Crippen LogP contribution in [0.15, 0.2) is 30.4 Å². The van der Waals surface area contributed by atoms with Crippen molar-refractivity contribution in [2.45, 2.75) is 18.0 Å². The molecule has 9 nitrogen and oxygen atoms in total. The van der Waals surface area contributed by atoms with E-state index in [9.17, 15) is 9.59 Å². The van der Waals surface area contributed by atoms with Gasteiger partial charge in [0.25, 0.3) is 0 Å². The van der Waals surface area contributed by atoms with Crippen molar-refractivity contribution >= 4 is 17.5 Å². The molecule has 29 heavy (non-hydrogen) atoms. The van der Waals surface area contributed by atoms with E-state index in [0.717, 1.165) is 0 Å². The van der Waals surface area contributed by atoms with Crippen LogP contribution >= 0.6 is 0 Å². The van der Waals surface area contributed by atoms with E-state index >= 15 is 0 Å². The molecule has 1 spiro atoms. The number of hydrogen-bond acceptors (Lipinski definition) is 7. The first-order chi connectivity index (χ1) is 14.1. The molecule has 5 rings (SSSR count). The minimum Gasteiger partial charge on any atom is -0.454 e. The molecule has 4 aliphatic rings.